The standard InChI is InChI=1S/C47H67NO16/c1-29(2)37(50)58-22-46(23-59-38(51)30(3)4,24-60-39(52)31(5)6)21-57-36(49)16-35-17-44(13,14)19-45(15,18-35)20-48-43(56)64-28-47(25-61-40(53)32(7)8,26-62-41(54)33(9)10)27-63-42(55)34(11)12/h35H,1,3,5,7,9,11,16-28H2,2,4,6,8,10,12-15H3,(H,48,56). The summed E-state index contributed by atoms with van der Waals surface area (Å²) in [5, 5.41) is 2.78. The predicted molar refractivity (Wildman–Crippen MR) is 234 cm³/mol. The van der Waals surface area contributed by atoms with E-state index in [9.17, 15) is 38.4 Å². The lowest BCUT2D eigenvalue weighted by atomic mass is 9.60. The highest BCUT2D eigenvalue weighted by Gasteiger charge is 2.44. The van der Waals surface area contributed by atoms with E-state index in [0.29, 0.717) is 19.3 Å². The van der Waals surface area contributed by atoms with E-state index in [-0.39, 0.29) is 57.7 Å². The average molecular weight is 902 g/mol. The second-order valence-electron chi connectivity index (χ2n) is 18.4. The Kier molecular flexibility index (Phi) is 21.7. The second kappa shape index (κ2) is 24.7. The van der Waals surface area contributed by atoms with Crippen LogP contribution in [0, 0.1) is 27.6 Å². The predicted octanol–water partition coefficient (Wildman–Crippen LogP) is 6.17. The molecule has 356 valence electrons. The number of hydrogen-bond donors (Lipinski definition) is 1. The summed E-state index contributed by atoms with van der Waals surface area (Å²) in [4.78, 5) is 101. The zero-order valence-electron chi connectivity index (χ0n) is 39.0. The van der Waals surface area contributed by atoms with Crippen molar-refractivity contribution in [3.05, 3.63) is 72.9 Å². The molecular weight excluding hydrogens is 835 g/mol. The Hall–Kier alpha value is -6.00. The van der Waals surface area contributed by atoms with E-state index in [0.717, 1.165) is 0 Å². The van der Waals surface area contributed by atoms with Gasteiger partial charge in [0.1, 0.15) is 63.7 Å². The summed E-state index contributed by atoms with van der Waals surface area (Å²) >= 11 is 0. The lowest BCUT2D eigenvalue weighted by Gasteiger charge is -2.46. The maximum Gasteiger partial charge on any atom is 0.407 e. The molecule has 0 aliphatic heterocycles. The molecule has 0 heterocycles. The molecule has 0 aromatic heterocycles. The molecule has 1 N–H and O–H groups in total. The average Bonchev–Trinajstić information content (AvgIpc) is 3.19. The fraction of sp³-hybridized carbons (Fsp3) is 0.574. The molecular formula is C47H67NO16. The highest BCUT2D eigenvalue weighted by molar-refractivity contribution is 5.89. The first-order chi connectivity index (χ1) is 29.5. The summed E-state index contributed by atoms with van der Waals surface area (Å²) in [6, 6.07) is 0. The van der Waals surface area contributed by atoms with Gasteiger partial charge in [0.2, 0.25) is 0 Å². The van der Waals surface area contributed by atoms with Crippen LogP contribution in [0.15, 0.2) is 72.9 Å². The lowest BCUT2D eigenvalue weighted by molar-refractivity contribution is -0.168. The molecule has 64 heavy (non-hydrogen) atoms. The summed E-state index contributed by atoms with van der Waals surface area (Å²) < 4.78 is 43.6. The van der Waals surface area contributed by atoms with Gasteiger partial charge < -0.3 is 43.2 Å². The number of rotatable bonds is 26. The molecule has 0 aromatic carbocycles. The molecule has 1 rings (SSSR count). The van der Waals surface area contributed by atoms with Crippen molar-refractivity contribution < 1.29 is 76.3 Å². The molecule has 0 saturated heterocycles. The summed E-state index contributed by atoms with van der Waals surface area (Å²) in [7, 11) is 0. The highest BCUT2D eigenvalue weighted by Crippen LogP contribution is 2.49. The molecule has 2 unspecified atom stereocenters. The minimum absolute atomic E-state index is 0.0561. The fourth-order valence-electron chi connectivity index (χ4n) is 6.76. The Morgan fingerprint density at radius 1 is 0.469 bits per heavy atom. The number of alkyl carbamates (subject to hydrolysis) is 1. The molecule has 1 amide bonds. The summed E-state index contributed by atoms with van der Waals surface area (Å²) in [6.07, 6.45) is 0.789. The van der Waals surface area contributed by atoms with Crippen LogP contribution in [0.5, 0.6) is 0 Å². The Bertz CT molecular complexity index is 1720. The van der Waals surface area contributed by atoms with E-state index in [4.69, 9.17) is 37.9 Å². The van der Waals surface area contributed by atoms with Crippen LogP contribution in [0.25, 0.3) is 0 Å². The Morgan fingerprint density at radius 3 is 1.05 bits per heavy atom. The lowest BCUT2D eigenvalue weighted by Crippen LogP contribution is -2.47. The number of esters is 7. The third kappa shape index (κ3) is 20.0. The monoisotopic (exact) mass is 901 g/mol. The molecule has 0 bridgehead atoms. The third-order valence-electron chi connectivity index (χ3n) is 9.84. The van der Waals surface area contributed by atoms with Gasteiger partial charge in [-0.25, -0.2) is 33.6 Å². The van der Waals surface area contributed by atoms with Crippen molar-refractivity contribution in [1.29, 1.82) is 0 Å². The first-order valence-corrected chi connectivity index (χ1v) is 20.5. The first kappa shape index (κ1) is 56.0. The number of ether oxygens (including phenoxy) is 8. The van der Waals surface area contributed by atoms with Crippen molar-refractivity contribution in [3.63, 3.8) is 0 Å². The topological polar surface area (TPSA) is 222 Å². The maximum atomic E-state index is 13.6. The molecule has 17 heteroatoms. The van der Waals surface area contributed by atoms with Gasteiger partial charge in [-0.2, -0.15) is 0 Å². The number of carbonyl (C=O) groups is 8. The third-order valence-corrected chi connectivity index (χ3v) is 9.84. The zero-order valence-corrected chi connectivity index (χ0v) is 39.0. The van der Waals surface area contributed by atoms with Crippen LogP contribution in [0.3, 0.4) is 0 Å². The van der Waals surface area contributed by atoms with Crippen LogP contribution >= 0.6 is 0 Å². The van der Waals surface area contributed by atoms with Gasteiger partial charge in [0.15, 0.2) is 0 Å². The highest BCUT2D eigenvalue weighted by atomic mass is 16.6. The van der Waals surface area contributed by atoms with Gasteiger partial charge in [0.05, 0.1) is 0 Å². The quantitative estimate of drug-likeness (QED) is 0.0583. The molecule has 2 atom stereocenters. The van der Waals surface area contributed by atoms with Crippen LogP contribution in [0.4, 0.5) is 4.79 Å². The van der Waals surface area contributed by atoms with Crippen LogP contribution in [-0.2, 0) is 71.5 Å². The molecule has 1 fully saturated rings. The van der Waals surface area contributed by atoms with Crippen molar-refractivity contribution >= 4 is 47.9 Å². The van der Waals surface area contributed by atoms with Gasteiger partial charge in [0.25, 0.3) is 0 Å². The minimum Gasteiger partial charge on any atom is -0.465 e. The molecule has 1 saturated carbocycles. The second-order valence-corrected chi connectivity index (χ2v) is 18.4. The van der Waals surface area contributed by atoms with Gasteiger partial charge in [-0.15, -0.1) is 0 Å². The molecule has 0 radical (unpaired) electrons. The number of carbonyl (C=O) groups excluding carboxylic acids is 8. The van der Waals surface area contributed by atoms with Crippen molar-refractivity contribution in [1.82, 2.24) is 5.32 Å². The van der Waals surface area contributed by atoms with Crippen LogP contribution in [0.2, 0.25) is 0 Å². The van der Waals surface area contributed by atoms with E-state index < -0.39 is 117 Å². The van der Waals surface area contributed by atoms with Crippen molar-refractivity contribution in [3.8, 4) is 0 Å². The van der Waals surface area contributed by atoms with Gasteiger partial charge in [-0.05, 0) is 77.6 Å². The van der Waals surface area contributed by atoms with Gasteiger partial charge in [-0.1, -0.05) is 60.2 Å². The Labute approximate surface area is 376 Å². The fourth-order valence-corrected chi connectivity index (χ4v) is 6.76. The molecule has 0 aromatic rings. The largest absolute Gasteiger partial charge is 0.465 e. The van der Waals surface area contributed by atoms with E-state index in [2.05, 4.69) is 44.8 Å². The molecule has 1 aliphatic rings. The van der Waals surface area contributed by atoms with Crippen LogP contribution in [0.1, 0.15) is 88.0 Å². The van der Waals surface area contributed by atoms with Crippen molar-refractivity contribution in [2.75, 3.05) is 59.4 Å². The smallest absolute Gasteiger partial charge is 0.407 e. The maximum absolute atomic E-state index is 13.6. The number of nitrogens with one attached hydrogen (secondary N) is 1. The van der Waals surface area contributed by atoms with Gasteiger partial charge in [-0.3, -0.25) is 4.79 Å². The SMILES string of the molecule is C=C(C)C(=O)OCC(COC(=O)CC1CC(C)(C)CC(C)(CNC(=O)OCC(COC(=O)C(=C)C)(COC(=O)C(=C)C)COC(=O)C(=C)C)C1)(COC(=O)C(=C)C)COC(=O)C(=C)C. The number of hydrogen-bond acceptors (Lipinski definition) is 16. The van der Waals surface area contributed by atoms with E-state index >= 15 is 0 Å². The molecule has 1 aliphatic carbocycles. The van der Waals surface area contributed by atoms with E-state index in [1.807, 2.05) is 20.8 Å². The van der Waals surface area contributed by atoms with Gasteiger partial charge in [0, 0.05) is 46.4 Å². The first-order valence-electron chi connectivity index (χ1n) is 20.5. The summed E-state index contributed by atoms with van der Waals surface area (Å²) in [5.41, 5.74) is -3.52. The van der Waals surface area contributed by atoms with Crippen molar-refractivity contribution in [2.24, 2.45) is 27.6 Å². The number of amides is 1. The summed E-state index contributed by atoms with van der Waals surface area (Å²) in [6.45, 7) is 32.2. The Morgan fingerprint density at radius 2 is 0.750 bits per heavy atom. The molecule has 17 nitrogen and oxygen atoms in total. The normalized spacial score (nSPS) is 16.6. The van der Waals surface area contributed by atoms with Crippen LogP contribution in [-0.4, -0.2) is 107 Å². The van der Waals surface area contributed by atoms with E-state index in [1.165, 1.54) is 41.5 Å². The van der Waals surface area contributed by atoms with E-state index in [1.54, 1.807) is 0 Å². The minimum atomic E-state index is -1.55. The Balaban J connectivity index is 3.26. The van der Waals surface area contributed by atoms with Crippen molar-refractivity contribution in [2.45, 2.75) is 88.0 Å². The molecule has 0 spiro atoms. The zero-order chi connectivity index (χ0) is 49.2. The van der Waals surface area contributed by atoms with Gasteiger partial charge >= 0.3 is 47.9 Å². The summed E-state index contributed by atoms with van der Waals surface area (Å²) in [5.74, 6) is -5.53. The van der Waals surface area contributed by atoms with Crippen LogP contribution < -0.4 is 5.32 Å².